The lowest BCUT2D eigenvalue weighted by atomic mass is 10.2. The van der Waals surface area contributed by atoms with Gasteiger partial charge in [-0.25, -0.2) is 14.5 Å². The van der Waals surface area contributed by atoms with E-state index in [0.717, 1.165) is 6.42 Å². The quantitative estimate of drug-likeness (QED) is 0.880. The molecule has 2 aromatic rings. The van der Waals surface area contributed by atoms with Gasteiger partial charge in [0.2, 0.25) is 0 Å². The van der Waals surface area contributed by atoms with Crippen LogP contribution in [0.2, 0.25) is 5.02 Å². The number of carboxylic acids is 1. The Morgan fingerprint density at radius 3 is 2.90 bits per heavy atom. The van der Waals surface area contributed by atoms with Crippen molar-refractivity contribution in [2.45, 2.75) is 30.5 Å². The average molecular weight is 328 g/mol. The second-order valence-corrected chi connectivity index (χ2v) is 6.19. The van der Waals surface area contributed by atoms with E-state index >= 15 is 0 Å². The van der Waals surface area contributed by atoms with E-state index in [1.165, 1.54) is 18.5 Å². The Bertz CT molecular complexity index is 687. The monoisotopic (exact) mass is 327 g/mol. The van der Waals surface area contributed by atoms with Gasteiger partial charge < -0.3 is 5.11 Å². The highest BCUT2D eigenvalue weighted by Crippen LogP contribution is 2.21. The van der Waals surface area contributed by atoms with Gasteiger partial charge in [-0.1, -0.05) is 18.5 Å². The van der Waals surface area contributed by atoms with Crippen molar-refractivity contribution in [2.24, 2.45) is 0 Å². The summed E-state index contributed by atoms with van der Waals surface area (Å²) in [6.45, 7) is 2.72. The van der Waals surface area contributed by atoms with Crippen molar-refractivity contribution in [1.29, 1.82) is 0 Å². The minimum atomic E-state index is -1.41. The maximum Gasteiger partial charge on any atom is 0.337 e. The standard InChI is InChI=1S/C13H14ClN3O3S/c1-2-5-17-12(15-8-16-17)7-21(20)9-3-4-11(14)10(6-9)13(18)19/h3-4,6,8H,2,5,7H2,1H3,(H,18,19). The molecule has 1 unspecified atom stereocenters. The first-order valence-corrected chi connectivity index (χ1v) is 8.00. The Morgan fingerprint density at radius 2 is 2.24 bits per heavy atom. The smallest absolute Gasteiger partial charge is 0.337 e. The molecule has 0 spiro atoms. The van der Waals surface area contributed by atoms with Crippen molar-refractivity contribution in [1.82, 2.24) is 14.8 Å². The predicted octanol–water partition coefficient (Wildman–Crippen LogP) is 2.35. The molecule has 21 heavy (non-hydrogen) atoms. The molecule has 0 amide bonds. The van der Waals surface area contributed by atoms with Gasteiger partial charge in [-0.2, -0.15) is 5.10 Å². The van der Waals surface area contributed by atoms with Crippen LogP contribution in [-0.4, -0.2) is 30.0 Å². The molecule has 0 fully saturated rings. The Labute approximate surface area is 129 Å². The summed E-state index contributed by atoms with van der Waals surface area (Å²) < 4.78 is 14.0. The third kappa shape index (κ3) is 3.68. The molecule has 0 saturated carbocycles. The van der Waals surface area contributed by atoms with Crippen LogP contribution in [0.1, 0.15) is 29.5 Å². The van der Waals surface area contributed by atoms with E-state index in [4.69, 9.17) is 16.7 Å². The first-order chi connectivity index (χ1) is 10.0. The molecule has 2 rings (SSSR count). The Kier molecular flexibility index (Phi) is 5.08. The number of carboxylic acid groups (broad SMARTS) is 1. The van der Waals surface area contributed by atoms with Gasteiger partial charge in [-0.3, -0.25) is 4.21 Å². The fourth-order valence-electron chi connectivity index (χ4n) is 1.81. The van der Waals surface area contributed by atoms with Gasteiger partial charge >= 0.3 is 5.97 Å². The van der Waals surface area contributed by atoms with Crippen molar-refractivity contribution >= 4 is 28.4 Å². The second kappa shape index (κ2) is 6.82. The molecule has 0 radical (unpaired) electrons. The molecular formula is C13H14ClN3O3S. The third-order valence-electron chi connectivity index (χ3n) is 2.82. The number of rotatable bonds is 6. The highest BCUT2D eigenvalue weighted by molar-refractivity contribution is 7.84. The van der Waals surface area contributed by atoms with E-state index in [2.05, 4.69) is 10.1 Å². The molecule has 112 valence electrons. The number of nitrogens with zero attached hydrogens (tertiary/aromatic N) is 3. The van der Waals surface area contributed by atoms with Gasteiger partial charge in [-0.15, -0.1) is 0 Å². The van der Waals surface area contributed by atoms with E-state index in [0.29, 0.717) is 17.3 Å². The van der Waals surface area contributed by atoms with E-state index in [-0.39, 0.29) is 16.3 Å². The van der Waals surface area contributed by atoms with E-state index < -0.39 is 16.8 Å². The Hall–Kier alpha value is -1.73. The van der Waals surface area contributed by atoms with Crippen molar-refractivity contribution in [3.8, 4) is 0 Å². The highest BCUT2D eigenvalue weighted by Gasteiger charge is 2.15. The maximum absolute atomic E-state index is 12.3. The van der Waals surface area contributed by atoms with E-state index in [9.17, 15) is 9.00 Å². The molecule has 1 atom stereocenters. The van der Waals surface area contributed by atoms with Gasteiger partial charge in [0.25, 0.3) is 0 Å². The molecular weight excluding hydrogens is 314 g/mol. The molecule has 0 aliphatic rings. The predicted molar refractivity (Wildman–Crippen MR) is 78.8 cm³/mol. The summed E-state index contributed by atoms with van der Waals surface area (Å²) in [5, 5.41) is 13.2. The fourth-order valence-corrected chi connectivity index (χ4v) is 3.10. The van der Waals surface area contributed by atoms with Crippen LogP contribution in [0.15, 0.2) is 29.4 Å². The first kappa shape index (κ1) is 15.7. The third-order valence-corrected chi connectivity index (χ3v) is 4.45. The molecule has 1 aromatic carbocycles. The minimum Gasteiger partial charge on any atom is -0.478 e. The maximum atomic E-state index is 12.3. The average Bonchev–Trinajstić information content (AvgIpc) is 2.86. The Morgan fingerprint density at radius 1 is 1.48 bits per heavy atom. The minimum absolute atomic E-state index is 0.0578. The number of hydrogen-bond acceptors (Lipinski definition) is 4. The SMILES string of the molecule is CCCn1ncnc1CS(=O)c1ccc(Cl)c(C(=O)O)c1. The summed E-state index contributed by atoms with van der Waals surface area (Å²) in [5.41, 5.74) is -0.0578. The van der Waals surface area contributed by atoms with Crippen LogP contribution in [0.25, 0.3) is 0 Å². The summed E-state index contributed by atoms with van der Waals surface area (Å²) in [4.78, 5) is 15.5. The molecule has 6 nitrogen and oxygen atoms in total. The normalized spacial score (nSPS) is 12.3. The number of aryl methyl sites for hydroxylation is 1. The zero-order valence-electron chi connectivity index (χ0n) is 11.3. The number of hydrogen-bond donors (Lipinski definition) is 1. The highest BCUT2D eigenvalue weighted by atomic mass is 35.5. The summed E-state index contributed by atoms with van der Waals surface area (Å²) in [6.07, 6.45) is 2.32. The van der Waals surface area contributed by atoms with Gasteiger partial charge in [-0.05, 0) is 24.6 Å². The van der Waals surface area contributed by atoms with Crippen molar-refractivity contribution in [3.63, 3.8) is 0 Å². The van der Waals surface area contributed by atoms with Crippen LogP contribution in [0.3, 0.4) is 0 Å². The number of halogens is 1. The lowest BCUT2D eigenvalue weighted by molar-refractivity contribution is 0.0697. The summed E-state index contributed by atoms with van der Waals surface area (Å²) in [6, 6.07) is 4.34. The Balaban J connectivity index is 2.22. The largest absolute Gasteiger partial charge is 0.478 e. The van der Waals surface area contributed by atoms with Crippen molar-refractivity contribution in [3.05, 3.63) is 40.9 Å². The van der Waals surface area contributed by atoms with E-state index in [1.54, 1.807) is 10.7 Å². The summed E-state index contributed by atoms with van der Waals surface area (Å²) in [7, 11) is -1.41. The van der Waals surface area contributed by atoms with Crippen LogP contribution in [-0.2, 0) is 23.1 Å². The van der Waals surface area contributed by atoms with Gasteiger partial charge in [0.05, 0.1) is 27.1 Å². The number of aromatic nitrogens is 3. The van der Waals surface area contributed by atoms with Crippen LogP contribution >= 0.6 is 11.6 Å². The lowest BCUT2D eigenvalue weighted by Gasteiger charge is -2.06. The van der Waals surface area contributed by atoms with Crippen LogP contribution in [0.4, 0.5) is 0 Å². The fraction of sp³-hybridized carbons (Fsp3) is 0.308. The molecule has 0 aliphatic heterocycles. The molecule has 1 aromatic heterocycles. The molecule has 8 heteroatoms. The van der Waals surface area contributed by atoms with Crippen molar-refractivity contribution < 1.29 is 14.1 Å². The van der Waals surface area contributed by atoms with Crippen LogP contribution < -0.4 is 0 Å². The topological polar surface area (TPSA) is 85.1 Å². The number of aromatic carboxylic acids is 1. The summed E-state index contributed by atoms with van der Waals surface area (Å²) >= 11 is 5.80. The lowest BCUT2D eigenvalue weighted by Crippen LogP contribution is -2.09. The van der Waals surface area contributed by atoms with E-state index in [1.807, 2.05) is 6.92 Å². The van der Waals surface area contributed by atoms with Gasteiger partial charge in [0.1, 0.15) is 12.2 Å². The van der Waals surface area contributed by atoms with Crippen LogP contribution in [0, 0.1) is 0 Å². The number of benzene rings is 1. The second-order valence-electron chi connectivity index (χ2n) is 4.34. The summed E-state index contributed by atoms with van der Waals surface area (Å²) in [5.74, 6) is -0.351. The van der Waals surface area contributed by atoms with Crippen molar-refractivity contribution in [2.75, 3.05) is 0 Å². The molecule has 0 saturated heterocycles. The molecule has 1 heterocycles. The molecule has 0 bridgehead atoms. The van der Waals surface area contributed by atoms with Crippen LogP contribution in [0.5, 0.6) is 0 Å². The molecule has 1 N–H and O–H groups in total. The zero-order chi connectivity index (χ0) is 15.4. The first-order valence-electron chi connectivity index (χ1n) is 6.30. The van der Waals surface area contributed by atoms with Gasteiger partial charge in [0.15, 0.2) is 0 Å². The molecule has 0 aliphatic carbocycles. The zero-order valence-corrected chi connectivity index (χ0v) is 12.9. The van der Waals surface area contributed by atoms with Gasteiger partial charge in [0, 0.05) is 11.4 Å². The number of carbonyl (C=O) groups is 1.